The van der Waals surface area contributed by atoms with Crippen molar-refractivity contribution >= 4 is 11.8 Å². The largest absolute Gasteiger partial charge is 0.272 e. The first-order valence-corrected chi connectivity index (χ1v) is 5.70. The van der Waals surface area contributed by atoms with Gasteiger partial charge in [0.25, 0.3) is 0 Å². The van der Waals surface area contributed by atoms with Gasteiger partial charge < -0.3 is 0 Å². The second-order valence-electron chi connectivity index (χ2n) is 3.31. The van der Waals surface area contributed by atoms with Gasteiger partial charge in [-0.3, -0.25) is 10.3 Å². The van der Waals surface area contributed by atoms with E-state index in [1.807, 2.05) is 11.8 Å². The van der Waals surface area contributed by atoms with Crippen molar-refractivity contribution in [2.24, 2.45) is 0 Å². The summed E-state index contributed by atoms with van der Waals surface area (Å²) in [6, 6.07) is 0. The molecular formula is C9H15NOS. The van der Waals surface area contributed by atoms with Crippen LogP contribution in [-0.2, 0) is 4.84 Å². The zero-order valence-corrected chi connectivity index (χ0v) is 8.19. The van der Waals surface area contributed by atoms with Crippen molar-refractivity contribution in [1.82, 2.24) is 5.48 Å². The van der Waals surface area contributed by atoms with Crippen molar-refractivity contribution in [2.45, 2.75) is 37.5 Å². The predicted molar refractivity (Wildman–Crippen MR) is 51.9 cm³/mol. The van der Waals surface area contributed by atoms with Crippen LogP contribution in [-0.4, -0.2) is 17.1 Å². The highest BCUT2D eigenvalue weighted by atomic mass is 32.2. The van der Waals surface area contributed by atoms with E-state index in [4.69, 9.17) is 4.84 Å². The Morgan fingerprint density at radius 3 is 3.50 bits per heavy atom. The fraction of sp³-hybridized carbons (Fsp3) is 0.778. The number of hydroxylamine groups is 1. The number of fused-ring (bicyclic) bond motifs is 1. The van der Waals surface area contributed by atoms with Gasteiger partial charge in [0.2, 0.25) is 0 Å². The van der Waals surface area contributed by atoms with Crippen molar-refractivity contribution in [1.29, 1.82) is 0 Å². The predicted octanol–water partition coefficient (Wildman–Crippen LogP) is 2.08. The molecule has 2 heterocycles. The smallest absolute Gasteiger partial charge is 0.103 e. The molecule has 3 heteroatoms. The standard InChI is InChI=1S/C9H15NOS/c1-2-3-4-8-9-7(10-11-8)5-6-12-9/h5,8-10H,2-4,6H2,1H3/t8-,9-/m0/s1. The Bertz CT molecular complexity index is 193. The van der Waals surface area contributed by atoms with Crippen LogP contribution in [0.25, 0.3) is 0 Å². The summed E-state index contributed by atoms with van der Waals surface area (Å²) in [5.74, 6) is 1.15. The normalized spacial score (nSPS) is 32.9. The molecule has 2 aliphatic heterocycles. The molecule has 0 aliphatic carbocycles. The van der Waals surface area contributed by atoms with E-state index in [-0.39, 0.29) is 0 Å². The minimum Gasteiger partial charge on any atom is -0.272 e. The van der Waals surface area contributed by atoms with Gasteiger partial charge in [0, 0.05) is 5.75 Å². The molecule has 1 N–H and O–H groups in total. The molecule has 12 heavy (non-hydrogen) atoms. The number of hydrogen-bond donors (Lipinski definition) is 1. The van der Waals surface area contributed by atoms with Crippen LogP contribution >= 0.6 is 11.8 Å². The van der Waals surface area contributed by atoms with E-state index in [0.29, 0.717) is 11.4 Å². The van der Waals surface area contributed by atoms with E-state index in [9.17, 15) is 0 Å². The summed E-state index contributed by atoms with van der Waals surface area (Å²) in [5, 5.41) is 0.608. The molecule has 2 atom stereocenters. The number of hydrogen-bond acceptors (Lipinski definition) is 3. The third-order valence-electron chi connectivity index (χ3n) is 2.39. The molecule has 0 unspecified atom stereocenters. The first kappa shape index (κ1) is 8.45. The Labute approximate surface area is 77.7 Å². The monoisotopic (exact) mass is 185 g/mol. The average molecular weight is 185 g/mol. The van der Waals surface area contributed by atoms with Gasteiger partial charge in [0.15, 0.2) is 0 Å². The molecule has 1 fully saturated rings. The van der Waals surface area contributed by atoms with Gasteiger partial charge in [0.1, 0.15) is 6.10 Å². The van der Waals surface area contributed by atoms with E-state index in [0.717, 1.165) is 5.75 Å². The lowest BCUT2D eigenvalue weighted by Crippen LogP contribution is -2.17. The molecule has 0 spiro atoms. The molecule has 68 valence electrons. The topological polar surface area (TPSA) is 21.3 Å². The molecule has 2 aliphatic rings. The second kappa shape index (κ2) is 3.71. The second-order valence-corrected chi connectivity index (χ2v) is 4.49. The number of thioether (sulfide) groups is 1. The number of nitrogens with one attached hydrogen (secondary N) is 1. The van der Waals surface area contributed by atoms with E-state index >= 15 is 0 Å². The fourth-order valence-corrected chi connectivity index (χ4v) is 2.89. The minimum absolute atomic E-state index is 0.420. The van der Waals surface area contributed by atoms with Crippen LogP contribution in [0.3, 0.4) is 0 Å². The first-order valence-electron chi connectivity index (χ1n) is 4.65. The molecule has 0 amide bonds. The van der Waals surface area contributed by atoms with Crippen molar-refractivity contribution < 1.29 is 4.84 Å². The molecule has 0 saturated carbocycles. The summed E-state index contributed by atoms with van der Waals surface area (Å²) in [5.41, 5.74) is 4.32. The van der Waals surface area contributed by atoms with Crippen LogP contribution in [0, 0.1) is 0 Å². The highest BCUT2D eigenvalue weighted by Gasteiger charge is 2.35. The van der Waals surface area contributed by atoms with Crippen molar-refractivity contribution in [3.63, 3.8) is 0 Å². The van der Waals surface area contributed by atoms with Gasteiger partial charge in [-0.2, -0.15) is 0 Å². The SMILES string of the molecule is CCCC[C@@H]1ONC2=CCS[C@@H]21. The van der Waals surface area contributed by atoms with Crippen LogP contribution in [0.1, 0.15) is 26.2 Å². The molecule has 0 aromatic heterocycles. The summed E-state index contributed by atoms with van der Waals surface area (Å²) in [7, 11) is 0. The minimum atomic E-state index is 0.420. The van der Waals surface area contributed by atoms with E-state index in [2.05, 4.69) is 18.5 Å². The maximum atomic E-state index is 5.48. The molecule has 0 radical (unpaired) electrons. The Morgan fingerprint density at radius 2 is 2.67 bits per heavy atom. The highest BCUT2D eigenvalue weighted by molar-refractivity contribution is 8.00. The first-order chi connectivity index (χ1) is 5.92. The van der Waals surface area contributed by atoms with Gasteiger partial charge in [-0.05, 0) is 6.42 Å². The highest BCUT2D eigenvalue weighted by Crippen LogP contribution is 2.35. The molecule has 0 bridgehead atoms. The molecular weight excluding hydrogens is 170 g/mol. The maximum Gasteiger partial charge on any atom is 0.103 e. The van der Waals surface area contributed by atoms with Gasteiger partial charge in [-0.15, -0.1) is 11.8 Å². The van der Waals surface area contributed by atoms with Crippen LogP contribution in [0.5, 0.6) is 0 Å². The van der Waals surface area contributed by atoms with Crippen molar-refractivity contribution in [3.05, 3.63) is 11.8 Å². The van der Waals surface area contributed by atoms with Gasteiger partial charge in [-0.1, -0.05) is 25.8 Å². The fourth-order valence-electron chi connectivity index (χ4n) is 1.68. The van der Waals surface area contributed by atoms with Gasteiger partial charge in [-0.25, -0.2) is 0 Å². The summed E-state index contributed by atoms with van der Waals surface area (Å²) < 4.78 is 0. The third kappa shape index (κ3) is 1.48. The Kier molecular flexibility index (Phi) is 2.61. The number of unbranched alkanes of at least 4 members (excludes halogenated alkanes) is 1. The lowest BCUT2D eigenvalue weighted by molar-refractivity contribution is 0.0349. The van der Waals surface area contributed by atoms with Crippen molar-refractivity contribution in [2.75, 3.05) is 5.75 Å². The van der Waals surface area contributed by atoms with Gasteiger partial charge >= 0.3 is 0 Å². The summed E-state index contributed by atoms with van der Waals surface area (Å²) in [4.78, 5) is 5.48. The van der Waals surface area contributed by atoms with Gasteiger partial charge in [0.05, 0.1) is 10.9 Å². The Balaban J connectivity index is 1.88. The maximum absolute atomic E-state index is 5.48. The summed E-state index contributed by atoms with van der Waals surface area (Å²) >= 11 is 1.99. The van der Waals surface area contributed by atoms with Crippen LogP contribution in [0.15, 0.2) is 11.8 Å². The molecule has 1 saturated heterocycles. The lowest BCUT2D eigenvalue weighted by Gasteiger charge is -2.12. The Hall–Kier alpha value is -0.150. The molecule has 2 rings (SSSR count). The Morgan fingerprint density at radius 1 is 1.75 bits per heavy atom. The molecule has 0 aromatic carbocycles. The summed E-state index contributed by atoms with van der Waals surface area (Å²) in [6.45, 7) is 2.22. The van der Waals surface area contributed by atoms with E-state index in [1.54, 1.807) is 0 Å². The molecule has 0 aromatic rings. The number of rotatable bonds is 3. The van der Waals surface area contributed by atoms with Crippen LogP contribution in [0.2, 0.25) is 0 Å². The molecule has 2 nitrogen and oxygen atoms in total. The van der Waals surface area contributed by atoms with E-state index in [1.165, 1.54) is 25.0 Å². The zero-order valence-electron chi connectivity index (χ0n) is 7.38. The van der Waals surface area contributed by atoms with Crippen LogP contribution in [0.4, 0.5) is 0 Å². The lowest BCUT2D eigenvalue weighted by atomic mass is 10.1. The zero-order chi connectivity index (χ0) is 8.39. The summed E-state index contributed by atoms with van der Waals surface area (Å²) in [6.07, 6.45) is 6.39. The third-order valence-corrected chi connectivity index (χ3v) is 3.67. The average Bonchev–Trinajstić information content (AvgIpc) is 2.62. The van der Waals surface area contributed by atoms with E-state index < -0.39 is 0 Å². The van der Waals surface area contributed by atoms with Crippen LogP contribution < -0.4 is 5.48 Å². The quantitative estimate of drug-likeness (QED) is 0.727. The van der Waals surface area contributed by atoms with Crippen molar-refractivity contribution in [3.8, 4) is 0 Å².